The Kier molecular flexibility index (Phi) is 4.83. The zero-order valence-corrected chi connectivity index (χ0v) is 12.2. The highest BCUT2D eigenvalue weighted by Crippen LogP contribution is 2.24. The largest absolute Gasteiger partial charge is 0.497 e. The quantitative estimate of drug-likeness (QED) is 0.616. The third kappa shape index (κ3) is 4.18. The summed E-state index contributed by atoms with van der Waals surface area (Å²) in [4.78, 5) is 22.5. The van der Waals surface area contributed by atoms with Crippen LogP contribution in [0.25, 0.3) is 11.1 Å². The minimum atomic E-state index is -4.99. The zero-order valence-electron chi connectivity index (χ0n) is 12.2. The molecule has 2 aromatic carbocycles. The number of carbonyl (C=O) groups excluding carboxylic acids is 2. The summed E-state index contributed by atoms with van der Waals surface area (Å²) in [6.45, 7) is 0. The van der Waals surface area contributed by atoms with Crippen molar-refractivity contribution < 1.29 is 27.5 Å². The molecule has 2 aromatic rings. The number of halogens is 3. The van der Waals surface area contributed by atoms with E-state index in [1.807, 2.05) is 12.1 Å². The fourth-order valence-electron chi connectivity index (χ4n) is 1.98. The molecule has 0 atom stereocenters. The molecule has 0 heterocycles. The van der Waals surface area contributed by atoms with Gasteiger partial charge in [0.2, 0.25) is 5.78 Å². The number of ketones is 2. The molecule has 23 heavy (non-hydrogen) atoms. The van der Waals surface area contributed by atoms with E-state index in [2.05, 4.69) is 0 Å². The van der Waals surface area contributed by atoms with Crippen molar-refractivity contribution in [3.05, 3.63) is 54.1 Å². The second kappa shape index (κ2) is 6.64. The van der Waals surface area contributed by atoms with Crippen molar-refractivity contribution in [1.29, 1.82) is 0 Å². The Morgan fingerprint density at radius 1 is 0.913 bits per heavy atom. The highest BCUT2D eigenvalue weighted by molar-refractivity contribution is 6.09. The number of rotatable bonds is 5. The Morgan fingerprint density at radius 3 is 1.83 bits per heavy atom. The van der Waals surface area contributed by atoms with Crippen LogP contribution in [0.3, 0.4) is 0 Å². The Balaban J connectivity index is 2.12. The van der Waals surface area contributed by atoms with E-state index in [-0.39, 0.29) is 5.56 Å². The van der Waals surface area contributed by atoms with Crippen molar-refractivity contribution in [1.82, 2.24) is 0 Å². The molecule has 3 nitrogen and oxygen atoms in total. The minimum absolute atomic E-state index is 0.0693. The molecule has 0 bridgehead atoms. The summed E-state index contributed by atoms with van der Waals surface area (Å²) in [5, 5.41) is 0. The first-order valence-electron chi connectivity index (χ1n) is 6.69. The van der Waals surface area contributed by atoms with E-state index in [0.29, 0.717) is 5.75 Å². The number of alkyl halides is 3. The number of ether oxygens (including phenoxy) is 1. The second-order valence-electron chi connectivity index (χ2n) is 4.83. The van der Waals surface area contributed by atoms with Crippen molar-refractivity contribution in [3.8, 4) is 16.9 Å². The molecule has 0 aromatic heterocycles. The average Bonchev–Trinajstić information content (AvgIpc) is 2.54. The standard InChI is InChI=1S/C17H13F3O3/c1-23-14-8-6-12(7-9-14)11-2-4-13(5-3-11)15(21)10-16(22)17(18,19)20/h2-9H,10H2,1H3. The molecule has 120 valence electrons. The van der Waals surface area contributed by atoms with Crippen LogP contribution in [-0.4, -0.2) is 24.9 Å². The highest BCUT2D eigenvalue weighted by Gasteiger charge is 2.39. The fourth-order valence-corrected chi connectivity index (χ4v) is 1.98. The summed E-state index contributed by atoms with van der Waals surface area (Å²) in [7, 11) is 1.55. The lowest BCUT2D eigenvalue weighted by atomic mass is 10.0. The van der Waals surface area contributed by atoms with Crippen LogP contribution < -0.4 is 4.74 Å². The summed E-state index contributed by atoms with van der Waals surface area (Å²) in [6, 6.07) is 13.2. The van der Waals surface area contributed by atoms with Crippen molar-refractivity contribution in [2.24, 2.45) is 0 Å². The first-order valence-corrected chi connectivity index (χ1v) is 6.69. The van der Waals surface area contributed by atoms with Gasteiger partial charge in [0.25, 0.3) is 0 Å². The van der Waals surface area contributed by atoms with Crippen molar-refractivity contribution in [3.63, 3.8) is 0 Å². The maximum absolute atomic E-state index is 12.2. The molecular formula is C17H13F3O3. The summed E-state index contributed by atoms with van der Waals surface area (Å²) in [5.74, 6) is -2.19. The molecular weight excluding hydrogens is 309 g/mol. The van der Waals surface area contributed by atoms with Crippen molar-refractivity contribution in [2.45, 2.75) is 12.6 Å². The van der Waals surface area contributed by atoms with E-state index in [4.69, 9.17) is 4.74 Å². The molecule has 0 amide bonds. The molecule has 0 aliphatic rings. The van der Waals surface area contributed by atoms with E-state index < -0.39 is 24.2 Å². The van der Waals surface area contributed by atoms with Gasteiger partial charge in [-0.15, -0.1) is 0 Å². The number of hydrogen-bond donors (Lipinski definition) is 0. The highest BCUT2D eigenvalue weighted by atomic mass is 19.4. The molecule has 0 saturated carbocycles. The van der Waals surface area contributed by atoms with Gasteiger partial charge in [0.1, 0.15) is 5.75 Å². The maximum atomic E-state index is 12.2. The molecule has 0 N–H and O–H groups in total. The van der Waals surface area contributed by atoms with Gasteiger partial charge in [0, 0.05) is 5.56 Å². The molecule has 0 unspecified atom stereocenters. The van der Waals surface area contributed by atoms with Crippen molar-refractivity contribution in [2.75, 3.05) is 7.11 Å². The van der Waals surface area contributed by atoms with Gasteiger partial charge in [-0.25, -0.2) is 0 Å². The summed E-state index contributed by atoms with van der Waals surface area (Å²) in [6.07, 6.45) is -6.16. The van der Waals surface area contributed by atoms with Gasteiger partial charge in [-0.05, 0) is 23.3 Å². The lowest BCUT2D eigenvalue weighted by molar-refractivity contribution is -0.170. The molecule has 0 radical (unpaired) electrons. The van der Waals surface area contributed by atoms with E-state index in [9.17, 15) is 22.8 Å². The van der Waals surface area contributed by atoms with Gasteiger partial charge >= 0.3 is 6.18 Å². The van der Waals surface area contributed by atoms with Gasteiger partial charge in [-0.3, -0.25) is 9.59 Å². The van der Waals surface area contributed by atoms with Crippen LogP contribution in [0.1, 0.15) is 16.8 Å². The molecule has 2 rings (SSSR count). The number of Topliss-reactive ketones (excluding diaryl/α,β-unsaturated/α-hetero) is 2. The summed E-state index contributed by atoms with van der Waals surface area (Å²) in [5.41, 5.74) is 1.74. The summed E-state index contributed by atoms with van der Waals surface area (Å²) >= 11 is 0. The molecule has 0 aliphatic carbocycles. The van der Waals surface area contributed by atoms with E-state index in [0.717, 1.165) is 11.1 Å². The van der Waals surface area contributed by atoms with Crippen LogP contribution in [0.2, 0.25) is 0 Å². The zero-order chi connectivity index (χ0) is 17.0. The minimum Gasteiger partial charge on any atom is -0.497 e. The van der Waals surface area contributed by atoms with Crippen LogP contribution in [0.4, 0.5) is 13.2 Å². The fraction of sp³-hybridized carbons (Fsp3) is 0.176. The smallest absolute Gasteiger partial charge is 0.450 e. The Bertz CT molecular complexity index is 701. The molecule has 0 fully saturated rings. The van der Waals surface area contributed by atoms with Gasteiger partial charge in [-0.1, -0.05) is 36.4 Å². The second-order valence-corrected chi connectivity index (χ2v) is 4.83. The van der Waals surface area contributed by atoms with Crippen LogP contribution in [0.15, 0.2) is 48.5 Å². The van der Waals surface area contributed by atoms with Gasteiger partial charge < -0.3 is 4.74 Å². The summed E-state index contributed by atoms with van der Waals surface area (Å²) < 4.78 is 41.5. The monoisotopic (exact) mass is 322 g/mol. The predicted octanol–water partition coefficient (Wildman–Crippen LogP) is 4.07. The van der Waals surface area contributed by atoms with Gasteiger partial charge in [-0.2, -0.15) is 13.2 Å². The Morgan fingerprint density at radius 2 is 1.39 bits per heavy atom. The molecule has 0 aliphatic heterocycles. The Hall–Kier alpha value is -2.63. The normalized spacial score (nSPS) is 11.1. The number of carbonyl (C=O) groups is 2. The SMILES string of the molecule is COc1ccc(-c2ccc(C(=O)CC(=O)C(F)(F)F)cc2)cc1. The van der Waals surface area contributed by atoms with Crippen LogP contribution in [-0.2, 0) is 4.79 Å². The molecule has 0 spiro atoms. The molecule has 0 saturated heterocycles. The Labute approximate surface area is 130 Å². The van der Waals surface area contributed by atoms with E-state index in [1.165, 1.54) is 12.1 Å². The lowest BCUT2D eigenvalue weighted by Crippen LogP contribution is -2.25. The van der Waals surface area contributed by atoms with Gasteiger partial charge in [0.15, 0.2) is 5.78 Å². The average molecular weight is 322 g/mol. The van der Waals surface area contributed by atoms with Crippen LogP contribution in [0.5, 0.6) is 5.75 Å². The first-order chi connectivity index (χ1) is 10.8. The number of benzene rings is 2. The van der Waals surface area contributed by atoms with E-state index >= 15 is 0 Å². The maximum Gasteiger partial charge on any atom is 0.450 e. The lowest BCUT2D eigenvalue weighted by Gasteiger charge is -2.06. The number of methoxy groups -OCH3 is 1. The third-order valence-corrected chi connectivity index (χ3v) is 3.27. The first kappa shape index (κ1) is 16.7. The van der Waals surface area contributed by atoms with E-state index in [1.54, 1.807) is 31.4 Å². The topological polar surface area (TPSA) is 43.4 Å². The van der Waals surface area contributed by atoms with Crippen LogP contribution in [0, 0.1) is 0 Å². The third-order valence-electron chi connectivity index (χ3n) is 3.27. The van der Waals surface area contributed by atoms with Gasteiger partial charge in [0.05, 0.1) is 13.5 Å². The predicted molar refractivity (Wildman–Crippen MR) is 78.4 cm³/mol. The molecule has 6 heteroatoms. The number of hydrogen-bond acceptors (Lipinski definition) is 3. The van der Waals surface area contributed by atoms with Crippen LogP contribution >= 0.6 is 0 Å². The van der Waals surface area contributed by atoms with Crippen molar-refractivity contribution >= 4 is 11.6 Å².